The van der Waals surface area contributed by atoms with Crippen LogP contribution in [0, 0.1) is 0 Å². The summed E-state index contributed by atoms with van der Waals surface area (Å²) < 4.78 is 21.4. The summed E-state index contributed by atoms with van der Waals surface area (Å²) in [5.41, 5.74) is 0. The quantitative estimate of drug-likeness (QED) is 0.597. The summed E-state index contributed by atoms with van der Waals surface area (Å²) in [5.74, 6) is 0. The van der Waals surface area contributed by atoms with Gasteiger partial charge in [-0.05, 0) is 12.8 Å². The zero-order chi connectivity index (χ0) is 10.2. The van der Waals surface area contributed by atoms with Gasteiger partial charge in [0, 0.05) is 11.7 Å². The molecule has 0 saturated heterocycles. The molecule has 0 aromatic carbocycles. The SMILES string of the molecule is CCCCCCCC=CS(C)(=O)=O. The average molecular weight is 204 g/mol. The number of hydrogen-bond acceptors (Lipinski definition) is 2. The van der Waals surface area contributed by atoms with E-state index in [1.54, 1.807) is 6.08 Å². The van der Waals surface area contributed by atoms with Crippen LogP contribution in [0.25, 0.3) is 0 Å². The van der Waals surface area contributed by atoms with Gasteiger partial charge in [-0.2, -0.15) is 0 Å². The highest BCUT2D eigenvalue weighted by Crippen LogP contribution is 2.05. The summed E-state index contributed by atoms with van der Waals surface area (Å²) >= 11 is 0. The Morgan fingerprint density at radius 3 is 2.23 bits per heavy atom. The van der Waals surface area contributed by atoms with Crippen molar-refractivity contribution in [1.82, 2.24) is 0 Å². The van der Waals surface area contributed by atoms with Gasteiger partial charge in [-0.3, -0.25) is 0 Å². The van der Waals surface area contributed by atoms with E-state index in [0.29, 0.717) is 0 Å². The minimum atomic E-state index is -2.90. The Kier molecular flexibility index (Phi) is 6.96. The van der Waals surface area contributed by atoms with Gasteiger partial charge in [0.15, 0.2) is 9.84 Å². The molecule has 0 saturated carbocycles. The Balaban J connectivity index is 3.31. The number of allylic oxidation sites excluding steroid dienone is 1. The fraction of sp³-hybridized carbons (Fsp3) is 0.800. The van der Waals surface area contributed by atoms with Crippen molar-refractivity contribution in [3.63, 3.8) is 0 Å². The Labute approximate surface area is 82.0 Å². The van der Waals surface area contributed by atoms with Crippen LogP contribution in [0.2, 0.25) is 0 Å². The summed E-state index contributed by atoms with van der Waals surface area (Å²) in [6.45, 7) is 2.18. The number of unbranched alkanes of at least 4 members (excludes halogenated alkanes) is 5. The Morgan fingerprint density at radius 1 is 1.08 bits per heavy atom. The van der Waals surface area contributed by atoms with Crippen LogP contribution in [0.3, 0.4) is 0 Å². The number of sulfone groups is 1. The van der Waals surface area contributed by atoms with Crippen molar-refractivity contribution in [3.8, 4) is 0 Å². The van der Waals surface area contributed by atoms with Crippen molar-refractivity contribution >= 4 is 9.84 Å². The van der Waals surface area contributed by atoms with Crippen LogP contribution >= 0.6 is 0 Å². The van der Waals surface area contributed by atoms with E-state index >= 15 is 0 Å². The molecule has 0 unspecified atom stereocenters. The first kappa shape index (κ1) is 12.7. The Morgan fingerprint density at radius 2 is 1.69 bits per heavy atom. The summed E-state index contributed by atoms with van der Waals surface area (Å²) in [7, 11) is -2.90. The van der Waals surface area contributed by atoms with Gasteiger partial charge in [-0.15, -0.1) is 0 Å². The molecule has 0 amide bonds. The van der Waals surface area contributed by atoms with Crippen LogP contribution in [0.5, 0.6) is 0 Å². The van der Waals surface area contributed by atoms with Gasteiger partial charge in [0.1, 0.15) is 0 Å². The lowest BCUT2D eigenvalue weighted by Crippen LogP contribution is -1.87. The molecule has 0 rings (SSSR count). The van der Waals surface area contributed by atoms with Crippen molar-refractivity contribution in [3.05, 3.63) is 11.5 Å². The van der Waals surface area contributed by atoms with E-state index in [2.05, 4.69) is 6.92 Å². The van der Waals surface area contributed by atoms with Gasteiger partial charge < -0.3 is 0 Å². The van der Waals surface area contributed by atoms with Crippen molar-refractivity contribution in [2.24, 2.45) is 0 Å². The molecule has 0 radical (unpaired) electrons. The normalized spacial score (nSPS) is 12.5. The minimum absolute atomic E-state index is 0.886. The van der Waals surface area contributed by atoms with E-state index in [0.717, 1.165) is 12.8 Å². The first-order valence-electron chi connectivity index (χ1n) is 4.93. The third kappa shape index (κ3) is 11.7. The molecule has 0 bridgehead atoms. The highest BCUT2D eigenvalue weighted by molar-refractivity contribution is 7.93. The molecule has 0 aromatic heterocycles. The van der Waals surface area contributed by atoms with Gasteiger partial charge in [-0.1, -0.05) is 38.7 Å². The van der Waals surface area contributed by atoms with Gasteiger partial charge >= 0.3 is 0 Å². The van der Waals surface area contributed by atoms with Crippen molar-refractivity contribution < 1.29 is 8.42 Å². The fourth-order valence-electron chi connectivity index (χ4n) is 1.11. The molecule has 0 aliphatic carbocycles. The zero-order valence-corrected chi connectivity index (χ0v) is 9.44. The van der Waals surface area contributed by atoms with Crippen molar-refractivity contribution in [2.45, 2.75) is 45.4 Å². The van der Waals surface area contributed by atoms with E-state index in [4.69, 9.17) is 0 Å². The highest BCUT2D eigenvalue weighted by atomic mass is 32.2. The third-order valence-corrected chi connectivity index (χ3v) is 2.50. The second-order valence-electron chi connectivity index (χ2n) is 3.40. The van der Waals surface area contributed by atoms with Crippen LogP contribution in [0.1, 0.15) is 45.4 Å². The number of hydrogen-bond donors (Lipinski definition) is 0. The molecule has 0 fully saturated rings. The molecule has 0 spiro atoms. The van der Waals surface area contributed by atoms with E-state index in [1.165, 1.54) is 37.3 Å². The molecule has 3 heteroatoms. The highest BCUT2D eigenvalue weighted by Gasteiger charge is 1.91. The maximum Gasteiger partial charge on any atom is 0.168 e. The summed E-state index contributed by atoms with van der Waals surface area (Å²) in [5, 5.41) is 1.30. The smallest absolute Gasteiger partial charge is 0.168 e. The maximum absolute atomic E-state index is 10.7. The molecular weight excluding hydrogens is 184 g/mol. The lowest BCUT2D eigenvalue weighted by Gasteiger charge is -1.95. The zero-order valence-electron chi connectivity index (χ0n) is 8.62. The lowest BCUT2D eigenvalue weighted by atomic mass is 10.1. The van der Waals surface area contributed by atoms with E-state index < -0.39 is 9.84 Å². The van der Waals surface area contributed by atoms with Crippen molar-refractivity contribution in [2.75, 3.05) is 6.26 Å². The Bertz CT molecular complexity index is 227. The predicted octanol–water partition coefficient (Wildman–Crippen LogP) is 2.91. The molecule has 0 aliphatic heterocycles. The van der Waals surface area contributed by atoms with Crippen molar-refractivity contribution in [1.29, 1.82) is 0 Å². The maximum atomic E-state index is 10.7. The third-order valence-electron chi connectivity index (χ3n) is 1.82. The molecule has 0 heterocycles. The molecular formula is C10H20O2S. The standard InChI is InChI=1S/C10H20O2S/c1-3-4-5-6-7-8-9-10-13(2,11)12/h9-10H,3-8H2,1-2H3. The van der Waals surface area contributed by atoms with Gasteiger partial charge in [0.2, 0.25) is 0 Å². The summed E-state index contributed by atoms with van der Waals surface area (Å²) in [6, 6.07) is 0. The number of rotatable bonds is 7. The summed E-state index contributed by atoms with van der Waals surface area (Å²) in [6.07, 6.45) is 9.98. The molecule has 13 heavy (non-hydrogen) atoms. The summed E-state index contributed by atoms with van der Waals surface area (Å²) in [4.78, 5) is 0. The van der Waals surface area contributed by atoms with Gasteiger partial charge in [-0.25, -0.2) is 8.42 Å². The van der Waals surface area contributed by atoms with Gasteiger partial charge in [0.05, 0.1) is 0 Å². The molecule has 0 atom stereocenters. The largest absolute Gasteiger partial charge is 0.225 e. The molecule has 0 N–H and O–H groups in total. The van der Waals surface area contributed by atoms with Crippen LogP contribution in [-0.2, 0) is 9.84 Å². The first-order chi connectivity index (χ1) is 6.06. The molecule has 0 aromatic rings. The van der Waals surface area contributed by atoms with E-state index in [9.17, 15) is 8.42 Å². The Hall–Kier alpha value is -0.310. The van der Waals surface area contributed by atoms with Crippen LogP contribution < -0.4 is 0 Å². The monoisotopic (exact) mass is 204 g/mol. The molecule has 0 aliphatic rings. The second kappa shape index (κ2) is 7.13. The van der Waals surface area contributed by atoms with Crippen LogP contribution in [-0.4, -0.2) is 14.7 Å². The van der Waals surface area contributed by atoms with Crippen LogP contribution in [0.4, 0.5) is 0 Å². The second-order valence-corrected chi connectivity index (χ2v) is 5.34. The van der Waals surface area contributed by atoms with E-state index in [1.807, 2.05) is 0 Å². The first-order valence-corrected chi connectivity index (χ1v) is 6.88. The van der Waals surface area contributed by atoms with Gasteiger partial charge in [0.25, 0.3) is 0 Å². The topological polar surface area (TPSA) is 34.1 Å². The minimum Gasteiger partial charge on any atom is -0.225 e. The fourth-order valence-corrected chi connectivity index (χ4v) is 1.59. The van der Waals surface area contributed by atoms with Crippen LogP contribution in [0.15, 0.2) is 11.5 Å². The molecule has 2 nitrogen and oxygen atoms in total. The van der Waals surface area contributed by atoms with E-state index in [-0.39, 0.29) is 0 Å². The average Bonchev–Trinajstić information content (AvgIpc) is 2.01. The lowest BCUT2D eigenvalue weighted by molar-refractivity contribution is 0.609. The molecule has 78 valence electrons. The predicted molar refractivity (Wildman–Crippen MR) is 57.4 cm³/mol.